The third kappa shape index (κ3) is 11.4. The van der Waals surface area contributed by atoms with Gasteiger partial charge in [0, 0.05) is 11.1 Å². The van der Waals surface area contributed by atoms with Gasteiger partial charge in [0.2, 0.25) is 0 Å². The first kappa shape index (κ1) is 31.1. The molecule has 0 bridgehead atoms. The van der Waals surface area contributed by atoms with Crippen LogP contribution in [0.2, 0.25) is 0 Å². The van der Waals surface area contributed by atoms with Gasteiger partial charge in [-0.15, -0.1) is 0 Å². The first-order chi connectivity index (χ1) is 17.6. The Balaban J connectivity index is 0.000000364. The van der Waals surface area contributed by atoms with E-state index in [1.54, 1.807) is 19.2 Å². The molecule has 0 heterocycles. The minimum atomic E-state index is -4.27. The highest BCUT2D eigenvalue weighted by molar-refractivity contribution is 7.85. The highest BCUT2D eigenvalue weighted by Gasteiger charge is 2.22. The summed E-state index contributed by atoms with van der Waals surface area (Å²) in [5.74, 6) is 1.95. The Labute approximate surface area is 233 Å². The van der Waals surface area contributed by atoms with Crippen molar-refractivity contribution in [1.82, 2.24) is 0 Å². The molecule has 0 atom stereocenters. The number of hydrogen-bond acceptors (Lipinski definition) is 5. The lowest BCUT2D eigenvalue weighted by molar-refractivity contribution is -0.598. The van der Waals surface area contributed by atoms with E-state index in [9.17, 15) is 13.0 Å². The number of ether oxygens (including phenoxy) is 2. The van der Waals surface area contributed by atoms with Crippen molar-refractivity contribution in [3.8, 4) is 11.5 Å². The first-order valence-corrected chi connectivity index (χ1v) is 16.3. The molecule has 37 heavy (non-hydrogen) atoms. The minimum absolute atomic E-state index is 0.178. The Kier molecular flexibility index (Phi) is 13.5. The summed E-state index contributed by atoms with van der Waals surface area (Å²) in [6.45, 7) is 9.27. The van der Waals surface area contributed by atoms with Crippen LogP contribution in [0.25, 0.3) is 0 Å². The molecule has 0 radical (unpaired) electrons. The number of hydrogen-bond donors (Lipinski definition) is 0. The zero-order chi connectivity index (χ0) is 27.3. The van der Waals surface area contributed by atoms with Crippen molar-refractivity contribution in [2.24, 2.45) is 0 Å². The van der Waals surface area contributed by atoms with Gasteiger partial charge >= 0.3 is 21.2 Å². The molecule has 3 rings (SSSR count). The molecule has 0 aliphatic carbocycles. The molecule has 5 nitrogen and oxygen atoms in total. The van der Waals surface area contributed by atoms with E-state index in [1.807, 2.05) is 6.92 Å². The number of rotatable bonds is 12. The summed E-state index contributed by atoms with van der Waals surface area (Å²) in [4.78, 5) is -0.178. The van der Waals surface area contributed by atoms with Crippen molar-refractivity contribution in [2.45, 2.75) is 71.1 Å². The maximum Gasteiger partial charge on any atom is 0.358 e. The van der Waals surface area contributed by atoms with Gasteiger partial charge in [-0.2, -0.15) is 0 Å². The summed E-state index contributed by atoms with van der Waals surface area (Å²) in [6.07, 6.45) is 7.79. The Hall–Kier alpha value is -2.10. The number of halogens is 1. The van der Waals surface area contributed by atoms with E-state index in [1.165, 1.54) is 62.5 Å². The van der Waals surface area contributed by atoms with Gasteiger partial charge in [-0.25, -0.2) is 8.42 Å². The Morgan fingerprint density at radius 2 is 1.35 bits per heavy atom. The van der Waals surface area contributed by atoms with Crippen LogP contribution >= 0.6 is 0 Å². The maximum atomic E-state index is 10.4. The van der Waals surface area contributed by atoms with Gasteiger partial charge in [-0.3, -0.25) is 0 Å². The third-order valence-corrected chi connectivity index (χ3v) is 10.2. The first-order valence-electron chi connectivity index (χ1n) is 12.7. The Bertz CT molecular complexity index is 1170. The van der Waals surface area contributed by atoms with Crippen LogP contribution in [0.15, 0.2) is 65.6 Å². The summed E-state index contributed by atoms with van der Waals surface area (Å²) in [5.41, 5.74) is 3.59. The molecule has 0 aliphatic heterocycles. The molecular formula is C30H39IO5S. The van der Waals surface area contributed by atoms with E-state index < -0.39 is 10.1 Å². The smallest absolute Gasteiger partial charge is 0.358 e. The lowest BCUT2D eigenvalue weighted by Crippen LogP contribution is -3.62. The lowest BCUT2D eigenvalue weighted by Gasteiger charge is -2.06. The van der Waals surface area contributed by atoms with Crippen molar-refractivity contribution in [1.29, 1.82) is 0 Å². The second-order valence-corrected chi connectivity index (χ2v) is 13.3. The zero-order valence-electron chi connectivity index (χ0n) is 22.6. The molecule has 0 amide bonds. The quantitative estimate of drug-likeness (QED) is 0.170. The van der Waals surface area contributed by atoms with Gasteiger partial charge in [-0.05, 0) is 75.7 Å². The molecule has 0 fully saturated rings. The molecule has 0 N–H and O–H groups in total. The summed E-state index contributed by atoms with van der Waals surface area (Å²) < 4.78 is 45.3. The Morgan fingerprint density at radius 3 is 1.89 bits per heavy atom. The number of unbranched alkanes of at least 4 members (excludes halogenated alkanes) is 5. The molecule has 3 aromatic rings. The van der Waals surface area contributed by atoms with Crippen molar-refractivity contribution >= 4 is 10.1 Å². The molecule has 0 saturated carbocycles. The standard InChI is InChI=1S/C23H32IO2.C7H8O3S/c1-5-6-7-8-9-10-15-26-21-13-11-20(12-14-21)24-23-18(2)16-22(25-4)17-19(23)3;1-6-2-4-7(5-3-6)11(8,9)10/h11-14,16-17H,5-10,15H2,1-4H3;2-5H,1H3,(H,8,9,10)/q+1;/p-1. The monoisotopic (exact) mass is 638 g/mol. The summed E-state index contributed by atoms with van der Waals surface area (Å²) in [5, 5.41) is 0. The summed E-state index contributed by atoms with van der Waals surface area (Å²) in [6, 6.07) is 18.8. The van der Waals surface area contributed by atoms with Gasteiger partial charge in [0.15, 0.2) is 7.14 Å². The average Bonchev–Trinajstić information content (AvgIpc) is 2.86. The Morgan fingerprint density at radius 1 is 0.784 bits per heavy atom. The molecule has 7 heteroatoms. The average molecular weight is 639 g/mol. The van der Waals surface area contributed by atoms with Gasteiger partial charge in [0.1, 0.15) is 21.6 Å². The topological polar surface area (TPSA) is 75.7 Å². The second-order valence-electron chi connectivity index (χ2n) is 9.01. The summed E-state index contributed by atoms with van der Waals surface area (Å²) >= 11 is -0.183. The van der Waals surface area contributed by atoms with Crippen LogP contribution in [0, 0.1) is 27.9 Å². The van der Waals surface area contributed by atoms with Crippen molar-refractivity contribution in [2.75, 3.05) is 13.7 Å². The number of aryl methyl sites for hydroxylation is 3. The largest absolute Gasteiger partial charge is 0.744 e. The van der Waals surface area contributed by atoms with Crippen LogP contribution in [0.5, 0.6) is 11.5 Å². The van der Waals surface area contributed by atoms with Gasteiger partial charge in [-0.1, -0.05) is 56.7 Å². The van der Waals surface area contributed by atoms with E-state index in [0.29, 0.717) is 0 Å². The zero-order valence-corrected chi connectivity index (χ0v) is 25.5. The predicted molar refractivity (Wildman–Crippen MR) is 144 cm³/mol. The van der Waals surface area contributed by atoms with Gasteiger partial charge in [0.05, 0.1) is 18.6 Å². The van der Waals surface area contributed by atoms with Crippen LogP contribution in [0.4, 0.5) is 0 Å². The van der Waals surface area contributed by atoms with Crippen molar-refractivity contribution < 1.29 is 43.6 Å². The van der Waals surface area contributed by atoms with E-state index in [2.05, 4.69) is 57.2 Å². The van der Waals surface area contributed by atoms with E-state index in [4.69, 9.17) is 9.47 Å². The predicted octanol–water partition coefficient (Wildman–Crippen LogP) is 4.08. The van der Waals surface area contributed by atoms with Crippen LogP contribution < -0.4 is 30.7 Å². The fraction of sp³-hybridized carbons (Fsp3) is 0.400. The van der Waals surface area contributed by atoms with Crippen molar-refractivity contribution in [3.05, 3.63) is 84.5 Å². The van der Waals surface area contributed by atoms with Gasteiger partial charge < -0.3 is 14.0 Å². The molecular weight excluding hydrogens is 599 g/mol. The maximum absolute atomic E-state index is 10.4. The molecule has 202 valence electrons. The fourth-order valence-electron chi connectivity index (χ4n) is 3.65. The van der Waals surface area contributed by atoms with Crippen LogP contribution in [-0.2, 0) is 10.1 Å². The fourth-order valence-corrected chi connectivity index (χ4v) is 6.63. The molecule has 0 spiro atoms. The molecule has 0 unspecified atom stereocenters. The number of methoxy groups -OCH3 is 1. The minimum Gasteiger partial charge on any atom is -0.744 e. The SMILES string of the molecule is CCCCCCCCOc1ccc([I+]c2c(C)cc(OC)cc2C)cc1.Cc1ccc(S(=O)(=O)[O-])cc1. The molecule has 0 aromatic heterocycles. The van der Waals surface area contributed by atoms with Crippen molar-refractivity contribution in [3.63, 3.8) is 0 Å². The highest BCUT2D eigenvalue weighted by Crippen LogP contribution is 2.16. The normalized spacial score (nSPS) is 11.0. The van der Waals surface area contributed by atoms with E-state index in [0.717, 1.165) is 30.1 Å². The van der Waals surface area contributed by atoms with E-state index in [-0.39, 0.29) is 26.1 Å². The summed E-state index contributed by atoms with van der Waals surface area (Å²) in [7, 11) is -2.54. The second kappa shape index (κ2) is 16.0. The van der Waals surface area contributed by atoms with E-state index >= 15 is 0 Å². The third-order valence-electron chi connectivity index (χ3n) is 5.74. The van der Waals surface area contributed by atoms with Crippen LogP contribution in [0.3, 0.4) is 0 Å². The highest BCUT2D eigenvalue weighted by atomic mass is 127. The number of benzene rings is 3. The molecule has 0 saturated heterocycles. The van der Waals surface area contributed by atoms with Gasteiger partial charge in [0.25, 0.3) is 0 Å². The lowest BCUT2D eigenvalue weighted by atomic mass is 10.1. The van der Waals surface area contributed by atoms with Crippen LogP contribution in [-0.4, -0.2) is 26.7 Å². The van der Waals surface area contributed by atoms with Crippen LogP contribution in [0.1, 0.15) is 62.1 Å². The molecule has 0 aliphatic rings. The molecule has 3 aromatic carbocycles.